The summed E-state index contributed by atoms with van der Waals surface area (Å²) < 4.78 is 29.9. The number of halogens is 1. The molecule has 2 aliphatic carbocycles. The first-order valence-corrected chi connectivity index (χ1v) is 16.3. The van der Waals surface area contributed by atoms with Gasteiger partial charge in [0.05, 0.1) is 29.2 Å². The zero-order valence-electron chi connectivity index (χ0n) is 23.5. The number of fused-ring (bicyclic) bond motifs is 3. The number of aromatic carboxylic acids is 1. The lowest BCUT2D eigenvalue weighted by Crippen LogP contribution is -2.49. The molecule has 4 N–H and O–H groups in total. The van der Waals surface area contributed by atoms with Crippen molar-refractivity contribution < 1.29 is 28.2 Å². The van der Waals surface area contributed by atoms with Crippen LogP contribution < -0.4 is 14.8 Å². The molecule has 1 unspecified atom stereocenters. The van der Waals surface area contributed by atoms with Crippen molar-refractivity contribution >= 4 is 33.3 Å². The molecule has 0 bridgehead atoms. The Morgan fingerprint density at radius 1 is 1.22 bits per heavy atom. The van der Waals surface area contributed by atoms with Crippen molar-refractivity contribution in [3.8, 4) is 5.75 Å². The molecule has 8 nitrogen and oxygen atoms in total. The molecule has 2 aromatic rings. The van der Waals surface area contributed by atoms with Gasteiger partial charge in [-0.05, 0) is 98.2 Å². The van der Waals surface area contributed by atoms with Crippen LogP contribution in [0.4, 0.5) is 5.69 Å². The quantitative estimate of drug-likeness (QED) is 0.371. The Morgan fingerprint density at radius 2 is 2.00 bits per heavy atom. The highest BCUT2D eigenvalue weighted by Crippen LogP contribution is 2.46. The van der Waals surface area contributed by atoms with Gasteiger partial charge in [0.2, 0.25) is 10.0 Å². The van der Waals surface area contributed by atoms with E-state index in [4.69, 9.17) is 21.5 Å². The highest BCUT2D eigenvalue weighted by molar-refractivity contribution is 7.89. The van der Waals surface area contributed by atoms with Gasteiger partial charge in [-0.15, -0.1) is 0 Å². The average Bonchev–Trinajstić information content (AvgIpc) is 3.05. The predicted octanol–water partition coefficient (Wildman–Crippen LogP) is 4.77. The summed E-state index contributed by atoms with van der Waals surface area (Å²) in [6.45, 7) is 5.13. The molecule has 5 rings (SSSR count). The third kappa shape index (κ3) is 6.14. The molecule has 1 saturated carbocycles. The number of nitrogens with two attached hydrogens (primary N) is 1. The van der Waals surface area contributed by atoms with Crippen LogP contribution in [0, 0.1) is 17.8 Å². The van der Waals surface area contributed by atoms with Crippen molar-refractivity contribution in [2.24, 2.45) is 22.9 Å². The van der Waals surface area contributed by atoms with Crippen LogP contribution in [0.2, 0.25) is 5.02 Å². The van der Waals surface area contributed by atoms with Crippen molar-refractivity contribution in [2.45, 2.75) is 62.7 Å². The average molecular weight is 603 g/mol. The molecule has 0 saturated heterocycles. The maximum atomic E-state index is 11.9. The first-order valence-electron chi connectivity index (χ1n) is 14.3. The van der Waals surface area contributed by atoms with Gasteiger partial charge < -0.3 is 19.8 Å². The molecule has 3 aliphatic rings. The largest absolute Gasteiger partial charge is 0.490 e. The smallest absolute Gasteiger partial charge is 0.335 e. The number of nitrogens with zero attached hydrogens (tertiary/aromatic N) is 1. The van der Waals surface area contributed by atoms with Gasteiger partial charge in [-0.1, -0.05) is 36.7 Å². The molecule has 1 fully saturated rings. The number of rotatable bonds is 8. The minimum Gasteiger partial charge on any atom is -0.490 e. The summed E-state index contributed by atoms with van der Waals surface area (Å²) in [6, 6.07) is 11.1. The van der Waals surface area contributed by atoms with Gasteiger partial charge in [-0.2, -0.15) is 0 Å². The number of aliphatic hydroxyl groups is 1. The molecule has 10 heteroatoms. The van der Waals surface area contributed by atoms with E-state index in [2.05, 4.69) is 11.0 Å². The summed E-state index contributed by atoms with van der Waals surface area (Å²) in [5, 5.41) is 26.1. The van der Waals surface area contributed by atoms with Gasteiger partial charge in [0.1, 0.15) is 5.75 Å². The summed E-state index contributed by atoms with van der Waals surface area (Å²) in [5.41, 5.74) is 3.15. The van der Waals surface area contributed by atoms with E-state index >= 15 is 0 Å². The van der Waals surface area contributed by atoms with E-state index < -0.39 is 27.3 Å². The highest BCUT2D eigenvalue weighted by Gasteiger charge is 2.44. The van der Waals surface area contributed by atoms with E-state index in [1.54, 1.807) is 44.2 Å². The molecule has 41 heavy (non-hydrogen) atoms. The number of hydrogen-bond donors (Lipinski definition) is 3. The Kier molecular flexibility index (Phi) is 8.45. The molecule has 1 aliphatic heterocycles. The van der Waals surface area contributed by atoms with Crippen LogP contribution in [0.15, 0.2) is 48.6 Å². The summed E-state index contributed by atoms with van der Waals surface area (Å²) >= 11 is 6.35. The first-order chi connectivity index (χ1) is 19.4. The second-order valence-electron chi connectivity index (χ2n) is 12.1. The second kappa shape index (κ2) is 11.6. The SMILES string of the molecule is C[C@H]([C@@H](C)/C=C/[C@H](O)[C@@H]1CCC1CN1C[C@@]2(CCCc3cc(Cl)ccc32)COc2ccc(C(=O)O)cc21)S(N)(=O)=O. The fourth-order valence-electron chi connectivity index (χ4n) is 6.69. The number of primary sulfonamides is 1. The Balaban J connectivity index is 1.42. The van der Waals surface area contributed by atoms with E-state index in [0.717, 1.165) is 37.8 Å². The van der Waals surface area contributed by atoms with Crippen LogP contribution in [-0.4, -0.2) is 55.7 Å². The van der Waals surface area contributed by atoms with E-state index in [-0.39, 0.29) is 28.7 Å². The number of hydrogen-bond acceptors (Lipinski definition) is 6. The maximum absolute atomic E-state index is 11.9. The number of benzene rings is 2. The van der Waals surface area contributed by atoms with E-state index in [9.17, 15) is 23.4 Å². The van der Waals surface area contributed by atoms with Crippen molar-refractivity contribution in [2.75, 3.05) is 24.6 Å². The number of ether oxygens (including phenoxy) is 1. The highest BCUT2D eigenvalue weighted by atomic mass is 35.5. The molecule has 0 radical (unpaired) electrons. The lowest BCUT2D eigenvalue weighted by atomic mass is 9.68. The number of anilines is 1. The molecular formula is C31H39ClN2O6S. The van der Waals surface area contributed by atoms with E-state index in [0.29, 0.717) is 30.5 Å². The molecule has 0 amide bonds. The number of carboxylic acids is 1. The van der Waals surface area contributed by atoms with Crippen LogP contribution in [0.5, 0.6) is 5.75 Å². The Hall–Kier alpha value is -2.59. The van der Waals surface area contributed by atoms with Crippen LogP contribution in [0.25, 0.3) is 0 Å². The third-order valence-electron chi connectivity index (χ3n) is 9.52. The summed E-state index contributed by atoms with van der Waals surface area (Å²) in [7, 11) is -3.67. The molecule has 1 heterocycles. The maximum Gasteiger partial charge on any atom is 0.335 e. The standard InChI is InChI=1S/C31H39ClN2O6S/c1-19(20(2)41(33,38)39)5-11-28(35)25-9-6-23(25)16-34-17-31(13-3-4-21-14-24(32)8-10-26(21)31)18-40-29-12-7-22(30(36)37)15-27(29)34/h5,7-8,10-12,14-15,19-20,23,25,28,35H,3-4,6,9,13,16-18H2,1-2H3,(H,36,37)(H2,33,38,39)/b11-5+/t19-,20+,23?,25+,28-,31-/m0/s1. The van der Waals surface area contributed by atoms with Gasteiger partial charge in [-0.25, -0.2) is 18.4 Å². The number of aliphatic hydroxyl groups excluding tert-OH is 1. The molecular weight excluding hydrogens is 564 g/mol. The number of sulfonamides is 1. The van der Waals surface area contributed by atoms with Gasteiger partial charge >= 0.3 is 5.97 Å². The Bertz CT molecular complexity index is 1450. The van der Waals surface area contributed by atoms with Crippen molar-refractivity contribution in [3.05, 3.63) is 70.3 Å². The van der Waals surface area contributed by atoms with Crippen LogP contribution in [0.1, 0.15) is 61.0 Å². The van der Waals surface area contributed by atoms with Crippen molar-refractivity contribution in [1.29, 1.82) is 0 Å². The zero-order chi connectivity index (χ0) is 29.5. The zero-order valence-corrected chi connectivity index (χ0v) is 25.1. The van der Waals surface area contributed by atoms with Crippen molar-refractivity contribution in [3.63, 3.8) is 0 Å². The fraction of sp³-hybridized carbons (Fsp3) is 0.516. The summed E-state index contributed by atoms with van der Waals surface area (Å²) in [4.78, 5) is 14.1. The fourth-order valence-corrected chi connectivity index (χ4v) is 7.57. The molecule has 222 valence electrons. The third-order valence-corrected chi connectivity index (χ3v) is 11.2. The number of allylic oxidation sites excluding steroid dienone is 1. The van der Waals surface area contributed by atoms with Crippen LogP contribution in [0.3, 0.4) is 0 Å². The molecule has 1 spiro atoms. The van der Waals surface area contributed by atoms with Gasteiger partial charge in [0.15, 0.2) is 0 Å². The summed E-state index contributed by atoms with van der Waals surface area (Å²) in [5.74, 6) is -0.483. The van der Waals surface area contributed by atoms with E-state index in [1.165, 1.54) is 11.1 Å². The predicted molar refractivity (Wildman–Crippen MR) is 160 cm³/mol. The minimum atomic E-state index is -3.67. The Labute approximate surface area is 247 Å². The number of carbonyl (C=O) groups is 1. The van der Waals surface area contributed by atoms with Gasteiger partial charge in [-0.3, -0.25) is 0 Å². The topological polar surface area (TPSA) is 130 Å². The van der Waals surface area contributed by atoms with Gasteiger partial charge in [0.25, 0.3) is 0 Å². The van der Waals surface area contributed by atoms with Crippen LogP contribution >= 0.6 is 11.6 Å². The Morgan fingerprint density at radius 3 is 2.68 bits per heavy atom. The molecule has 2 aromatic carbocycles. The monoisotopic (exact) mass is 602 g/mol. The first kappa shape index (κ1) is 29.9. The van der Waals surface area contributed by atoms with Gasteiger partial charge in [0, 0.05) is 23.5 Å². The normalized spacial score (nSPS) is 26.3. The molecule has 0 aromatic heterocycles. The lowest BCUT2D eigenvalue weighted by molar-refractivity contribution is 0.0454. The number of aryl methyl sites for hydroxylation is 1. The molecule has 6 atom stereocenters. The summed E-state index contributed by atoms with van der Waals surface area (Å²) in [6.07, 6.45) is 7.42. The van der Waals surface area contributed by atoms with Crippen LogP contribution in [-0.2, 0) is 21.9 Å². The van der Waals surface area contributed by atoms with E-state index in [1.807, 2.05) is 12.1 Å². The second-order valence-corrected chi connectivity index (χ2v) is 14.5. The lowest BCUT2D eigenvalue weighted by Gasteiger charge is -2.45. The van der Waals surface area contributed by atoms with Crippen molar-refractivity contribution in [1.82, 2.24) is 0 Å². The minimum absolute atomic E-state index is 0.00640. The number of carboxylic acid groups (broad SMARTS) is 1.